The monoisotopic (exact) mass is 269 g/mol. The molecular weight excluding hydrogens is 254 g/mol. The molecule has 0 saturated heterocycles. The van der Waals surface area contributed by atoms with E-state index in [0.29, 0.717) is 0 Å². The molecular formula is C16H15NO3. The summed E-state index contributed by atoms with van der Waals surface area (Å²) >= 11 is 0. The lowest BCUT2D eigenvalue weighted by Crippen LogP contribution is -2.25. The van der Waals surface area contributed by atoms with Gasteiger partial charge in [-0.05, 0) is 22.4 Å². The van der Waals surface area contributed by atoms with Crippen molar-refractivity contribution in [3.8, 4) is 0 Å². The molecule has 20 heavy (non-hydrogen) atoms. The number of nitrogens with one attached hydrogen (secondary N) is 1. The van der Waals surface area contributed by atoms with Gasteiger partial charge in [-0.3, -0.25) is 4.79 Å². The molecule has 2 aromatic carbocycles. The van der Waals surface area contributed by atoms with Crippen LogP contribution in [0, 0.1) is 0 Å². The number of fused-ring (bicyclic) bond motifs is 1. The zero-order valence-corrected chi connectivity index (χ0v) is 11.3. The first-order valence-corrected chi connectivity index (χ1v) is 6.17. The second-order valence-electron chi connectivity index (χ2n) is 4.30. The second kappa shape index (κ2) is 6.02. The van der Waals surface area contributed by atoms with Crippen molar-refractivity contribution in [2.75, 3.05) is 7.11 Å². The topological polar surface area (TPSA) is 55.4 Å². The van der Waals surface area contributed by atoms with Crippen LogP contribution in [0.4, 0.5) is 0 Å². The smallest absolute Gasteiger partial charge is 0.354 e. The SMILES string of the molecule is COC(=O)/C(=C/c1cccc2ccccc12)NC(C)=O. The maximum atomic E-state index is 11.7. The minimum Gasteiger partial charge on any atom is -0.464 e. The number of hydrogen-bond donors (Lipinski definition) is 1. The van der Waals surface area contributed by atoms with Crippen LogP contribution in [0.25, 0.3) is 16.8 Å². The van der Waals surface area contributed by atoms with Crippen LogP contribution in [0.5, 0.6) is 0 Å². The molecule has 0 aliphatic rings. The van der Waals surface area contributed by atoms with Crippen molar-refractivity contribution >= 4 is 28.7 Å². The van der Waals surface area contributed by atoms with Gasteiger partial charge in [0.05, 0.1) is 7.11 Å². The van der Waals surface area contributed by atoms with E-state index in [2.05, 4.69) is 10.1 Å². The van der Waals surface area contributed by atoms with Crippen molar-refractivity contribution in [1.82, 2.24) is 5.32 Å². The number of hydrogen-bond acceptors (Lipinski definition) is 3. The van der Waals surface area contributed by atoms with E-state index in [1.165, 1.54) is 14.0 Å². The first-order chi connectivity index (χ1) is 9.61. The molecule has 2 aromatic rings. The van der Waals surface area contributed by atoms with E-state index in [1.807, 2.05) is 42.5 Å². The summed E-state index contributed by atoms with van der Waals surface area (Å²) in [5.41, 5.74) is 0.966. The fourth-order valence-electron chi connectivity index (χ4n) is 1.98. The fraction of sp³-hybridized carbons (Fsp3) is 0.125. The molecule has 0 aromatic heterocycles. The van der Waals surface area contributed by atoms with Gasteiger partial charge in [-0.2, -0.15) is 0 Å². The molecule has 0 spiro atoms. The van der Waals surface area contributed by atoms with E-state index in [9.17, 15) is 9.59 Å². The van der Waals surface area contributed by atoms with Gasteiger partial charge in [-0.1, -0.05) is 42.5 Å². The van der Waals surface area contributed by atoms with Crippen LogP contribution in [0.15, 0.2) is 48.2 Å². The zero-order valence-electron chi connectivity index (χ0n) is 11.3. The van der Waals surface area contributed by atoms with E-state index >= 15 is 0 Å². The summed E-state index contributed by atoms with van der Waals surface area (Å²) in [6, 6.07) is 13.6. The van der Waals surface area contributed by atoms with Gasteiger partial charge >= 0.3 is 5.97 Å². The summed E-state index contributed by atoms with van der Waals surface area (Å²) in [7, 11) is 1.28. The van der Waals surface area contributed by atoms with Crippen LogP contribution in [0.2, 0.25) is 0 Å². The summed E-state index contributed by atoms with van der Waals surface area (Å²) in [5, 5.41) is 4.56. The molecule has 0 aliphatic heterocycles. The van der Waals surface area contributed by atoms with Gasteiger partial charge in [0.2, 0.25) is 5.91 Å². The first-order valence-electron chi connectivity index (χ1n) is 6.17. The molecule has 0 radical (unpaired) electrons. The van der Waals surface area contributed by atoms with Crippen molar-refractivity contribution in [3.63, 3.8) is 0 Å². The number of carbonyl (C=O) groups is 2. The lowest BCUT2D eigenvalue weighted by Gasteiger charge is -2.07. The van der Waals surface area contributed by atoms with Gasteiger partial charge in [-0.25, -0.2) is 4.79 Å². The van der Waals surface area contributed by atoms with Gasteiger partial charge in [-0.15, -0.1) is 0 Å². The molecule has 4 nitrogen and oxygen atoms in total. The summed E-state index contributed by atoms with van der Waals surface area (Å²) in [6.45, 7) is 1.35. The molecule has 4 heteroatoms. The summed E-state index contributed by atoms with van der Waals surface area (Å²) in [6.07, 6.45) is 1.62. The van der Waals surface area contributed by atoms with Crippen LogP contribution < -0.4 is 5.32 Å². The second-order valence-corrected chi connectivity index (χ2v) is 4.30. The molecule has 0 unspecified atom stereocenters. The largest absolute Gasteiger partial charge is 0.464 e. The number of rotatable bonds is 3. The van der Waals surface area contributed by atoms with E-state index in [4.69, 9.17) is 0 Å². The number of amides is 1. The lowest BCUT2D eigenvalue weighted by atomic mass is 10.0. The minimum absolute atomic E-state index is 0.122. The number of ether oxygens (including phenoxy) is 1. The molecule has 0 fully saturated rings. The Morgan fingerprint density at radius 1 is 1.10 bits per heavy atom. The number of methoxy groups -OCH3 is 1. The Kier molecular flexibility index (Phi) is 4.15. The van der Waals surface area contributed by atoms with Crippen LogP contribution in [-0.2, 0) is 14.3 Å². The highest BCUT2D eigenvalue weighted by molar-refractivity contribution is 6.00. The molecule has 2 rings (SSSR count). The highest BCUT2D eigenvalue weighted by Gasteiger charge is 2.11. The van der Waals surface area contributed by atoms with Gasteiger partial charge in [0.1, 0.15) is 5.70 Å². The summed E-state index contributed by atoms with van der Waals surface area (Å²) in [4.78, 5) is 22.9. The van der Waals surface area contributed by atoms with Gasteiger partial charge in [0.25, 0.3) is 0 Å². The van der Waals surface area contributed by atoms with E-state index in [-0.39, 0.29) is 11.6 Å². The predicted octanol–water partition coefficient (Wildman–Crippen LogP) is 2.49. The van der Waals surface area contributed by atoms with Gasteiger partial charge in [0.15, 0.2) is 0 Å². The van der Waals surface area contributed by atoms with Crippen molar-refractivity contribution in [3.05, 3.63) is 53.7 Å². The Morgan fingerprint density at radius 2 is 1.80 bits per heavy atom. The summed E-state index contributed by atoms with van der Waals surface area (Å²) < 4.78 is 4.68. The Bertz CT molecular complexity index is 684. The molecule has 0 aliphatic carbocycles. The van der Waals surface area contributed by atoms with Crippen molar-refractivity contribution in [1.29, 1.82) is 0 Å². The Morgan fingerprint density at radius 3 is 2.50 bits per heavy atom. The predicted molar refractivity (Wildman–Crippen MR) is 77.8 cm³/mol. The zero-order chi connectivity index (χ0) is 14.5. The van der Waals surface area contributed by atoms with Crippen LogP contribution >= 0.6 is 0 Å². The summed E-state index contributed by atoms with van der Waals surface area (Å²) in [5.74, 6) is -0.893. The highest BCUT2D eigenvalue weighted by Crippen LogP contribution is 2.20. The van der Waals surface area contributed by atoms with Crippen LogP contribution in [0.1, 0.15) is 12.5 Å². The van der Waals surface area contributed by atoms with Crippen molar-refractivity contribution in [2.24, 2.45) is 0 Å². The maximum absolute atomic E-state index is 11.7. The van der Waals surface area contributed by atoms with Crippen LogP contribution in [-0.4, -0.2) is 19.0 Å². The molecule has 0 atom stereocenters. The molecule has 0 bridgehead atoms. The molecule has 0 heterocycles. The quantitative estimate of drug-likeness (QED) is 0.688. The van der Waals surface area contributed by atoms with Gasteiger partial charge < -0.3 is 10.1 Å². The molecule has 0 saturated carbocycles. The average Bonchev–Trinajstić information content (AvgIpc) is 2.45. The van der Waals surface area contributed by atoms with Crippen molar-refractivity contribution < 1.29 is 14.3 Å². The first kappa shape index (κ1) is 13.8. The number of esters is 1. The van der Waals surface area contributed by atoms with E-state index < -0.39 is 5.97 Å². The van der Waals surface area contributed by atoms with Gasteiger partial charge in [0, 0.05) is 6.92 Å². The van der Waals surface area contributed by atoms with E-state index in [1.54, 1.807) is 6.08 Å². The Labute approximate surface area is 117 Å². The average molecular weight is 269 g/mol. The fourth-order valence-corrected chi connectivity index (χ4v) is 1.98. The Balaban J connectivity index is 2.53. The normalized spacial score (nSPS) is 11.2. The molecule has 1 amide bonds. The third kappa shape index (κ3) is 3.03. The third-order valence-corrected chi connectivity index (χ3v) is 2.84. The maximum Gasteiger partial charge on any atom is 0.354 e. The molecule has 1 N–H and O–H groups in total. The third-order valence-electron chi connectivity index (χ3n) is 2.84. The van der Waals surface area contributed by atoms with E-state index in [0.717, 1.165) is 16.3 Å². The Hall–Kier alpha value is -2.62. The number of benzene rings is 2. The van der Waals surface area contributed by atoms with Crippen LogP contribution in [0.3, 0.4) is 0 Å². The van der Waals surface area contributed by atoms with Crippen molar-refractivity contribution in [2.45, 2.75) is 6.92 Å². The standard InChI is InChI=1S/C16H15NO3/c1-11(18)17-15(16(19)20-2)10-13-8-5-7-12-6-3-4-9-14(12)13/h3-10H,1-2H3,(H,17,18)/b15-10-. The highest BCUT2D eigenvalue weighted by atomic mass is 16.5. The lowest BCUT2D eigenvalue weighted by molar-refractivity contribution is -0.137. The molecule has 102 valence electrons. The minimum atomic E-state index is -0.576. The number of carbonyl (C=O) groups excluding carboxylic acids is 2.